The molecule has 0 heterocycles. The number of alkyl carbamates (subject to hydrolysis) is 1. The van der Waals surface area contributed by atoms with Gasteiger partial charge in [-0.15, -0.1) is 0 Å². The van der Waals surface area contributed by atoms with E-state index in [1.807, 2.05) is 12.1 Å². The molecule has 1 aromatic carbocycles. The maximum Gasteiger partial charge on any atom is 0.408 e. The van der Waals surface area contributed by atoms with Crippen LogP contribution in [0, 0.1) is 0 Å². The molecule has 0 aromatic heterocycles. The lowest BCUT2D eigenvalue weighted by Gasteiger charge is -2.22. The number of ether oxygens (including phenoxy) is 3. The molecule has 24 heavy (non-hydrogen) atoms. The van der Waals surface area contributed by atoms with Gasteiger partial charge in [0, 0.05) is 6.42 Å². The van der Waals surface area contributed by atoms with Crippen molar-refractivity contribution in [1.29, 1.82) is 0 Å². The van der Waals surface area contributed by atoms with Crippen molar-refractivity contribution in [2.24, 2.45) is 0 Å². The van der Waals surface area contributed by atoms with Crippen molar-refractivity contribution >= 4 is 12.1 Å². The minimum atomic E-state index is -0.848. The average molecular weight is 335 g/mol. The monoisotopic (exact) mass is 335 g/mol. The number of esters is 1. The molecule has 1 amide bonds. The van der Waals surface area contributed by atoms with Gasteiger partial charge < -0.3 is 19.5 Å². The van der Waals surface area contributed by atoms with Crippen LogP contribution in [0.4, 0.5) is 4.79 Å². The molecule has 0 fully saturated rings. The minimum Gasteiger partial charge on any atom is -0.490 e. The molecule has 1 aromatic rings. The molecule has 1 N–H and O–H groups in total. The number of rotatable bonds is 7. The zero-order valence-corrected chi connectivity index (χ0v) is 14.6. The molecule has 0 radical (unpaired) electrons. The van der Waals surface area contributed by atoms with E-state index in [9.17, 15) is 9.59 Å². The zero-order chi connectivity index (χ0) is 18.2. The van der Waals surface area contributed by atoms with Gasteiger partial charge in [0.05, 0.1) is 7.11 Å². The van der Waals surface area contributed by atoms with Gasteiger partial charge in [-0.05, 0) is 38.5 Å². The highest BCUT2D eigenvalue weighted by atomic mass is 16.6. The number of carbonyl (C=O) groups is 2. The van der Waals surface area contributed by atoms with Crippen LogP contribution in [0.1, 0.15) is 26.3 Å². The molecule has 0 saturated heterocycles. The average Bonchev–Trinajstić information content (AvgIpc) is 2.50. The van der Waals surface area contributed by atoms with Crippen molar-refractivity contribution in [1.82, 2.24) is 5.32 Å². The molecule has 0 unspecified atom stereocenters. The maximum absolute atomic E-state index is 11.9. The zero-order valence-electron chi connectivity index (χ0n) is 14.6. The first kappa shape index (κ1) is 19.5. The Morgan fingerprint density at radius 2 is 2.04 bits per heavy atom. The van der Waals surface area contributed by atoms with Gasteiger partial charge in [0.15, 0.2) is 0 Å². The Kier molecular flexibility index (Phi) is 7.30. The quantitative estimate of drug-likeness (QED) is 0.613. The molecule has 0 aliphatic carbocycles. The van der Waals surface area contributed by atoms with E-state index in [2.05, 4.69) is 11.9 Å². The fourth-order valence-electron chi connectivity index (χ4n) is 1.94. The Labute approximate surface area is 142 Å². The van der Waals surface area contributed by atoms with Crippen LogP contribution in [0.2, 0.25) is 0 Å². The molecular formula is C18H25NO5. The van der Waals surface area contributed by atoms with E-state index in [4.69, 9.17) is 14.2 Å². The Hall–Kier alpha value is -2.50. The molecule has 0 aliphatic rings. The van der Waals surface area contributed by atoms with Crippen LogP contribution >= 0.6 is 0 Å². The van der Waals surface area contributed by atoms with Gasteiger partial charge >= 0.3 is 12.1 Å². The Morgan fingerprint density at radius 3 is 2.62 bits per heavy atom. The molecule has 0 bridgehead atoms. The summed E-state index contributed by atoms with van der Waals surface area (Å²) in [6, 6.07) is 6.42. The first-order chi connectivity index (χ1) is 11.2. The Morgan fingerprint density at radius 1 is 1.33 bits per heavy atom. The third kappa shape index (κ3) is 7.17. The van der Waals surface area contributed by atoms with Gasteiger partial charge in [0.25, 0.3) is 0 Å². The fraction of sp³-hybridized carbons (Fsp3) is 0.444. The fourth-order valence-corrected chi connectivity index (χ4v) is 1.94. The van der Waals surface area contributed by atoms with Crippen LogP contribution in [0.5, 0.6) is 5.75 Å². The van der Waals surface area contributed by atoms with E-state index in [0.717, 1.165) is 5.56 Å². The van der Waals surface area contributed by atoms with Crippen LogP contribution in [-0.4, -0.2) is 37.4 Å². The van der Waals surface area contributed by atoms with Crippen LogP contribution in [0.3, 0.4) is 0 Å². The first-order valence-electron chi connectivity index (χ1n) is 7.65. The topological polar surface area (TPSA) is 73.9 Å². The summed E-state index contributed by atoms with van der Waals surface area (Å²) in [4.78, 5) is 23.8. The third-order valence-corrected chi connectivity index (χ3v) is 2.88. The molecule has 0 aliphatic heterocycles. The van der Waals surface area contributed by atoms with Gasteiger partial charge in [-0.2, -0.15) is 0 Å². The second kappa shape index (κ2) is 8.96. The number of carbonyl (C=O) groups excluding carboxylic acids is 2. The number of nitrogens with one attached hydrogen (secondary N) is 1. The summed E-state index contributed by atoms with van der Waals surface area (Å²) >= 11 is 0. The lowest BCUT2D eigenvalue weighted by Crippen LogP contribution is -2.45. The smallest absolute Gasteiger partial charge is 0.408 e. The summed E-state index contributed by atoms with van der Waals surface area (Å²) in [5.41, 5.74) is 0.173. The van der Waals surface area contributed by atoms with Crippen molar-refractivity contribution in [3.8, 4) is 5.75 Å². The molecule has 1 rings (SSSR count). The summed E-state index contributed by atoms with van der Waals surface area (Å²) < 4.78 is 15.4. The molecule has 6 nitrogen and oxygen atoms in total. The van der Waals surface area contributed by atoms with Crippen molar-refractivity contribution in [2.75, 3.05) is 13.7 Å². The highest BCUT2D eigenvalue weighted by Crippen LogP contribution is 2.15. The highest BCUT2D eigenvalue weighted by Gasteiger charge is 2.25. The number of hydrogen-bond acceptors (Lipinski definition) is 5. The van der Waals surface area contributed by atoms with E-state index in [-0.39, 0.29) is 6.42 Å². The van der Waals surface area contributed by atoms with Gasteiger partial charge in [-0.3, -0.25) is 0 Å². The molecule has 0 spiro atoms. The summed E-state index contributed by atoms with van der Waals surface area (Å²) in [6.45, 7) is 9.23. The summed E-state index contributed by atoms with van der Waals surface area (Å²) in [5.74, 6) is 0.117. The van der Waals surface area contributed by atoms with E-state index < -0.39 is 23.7 Å². The molecule has 1 atom stereocenters. The minimum absolute atomic E-state index is 0.261. The second-order valence-electron chi connectivity index (χ2n) is 6.17. The van der Waals surface area contributed by atoms with Crippen molar-refractivity contribution in [3.05, 3.63) is 42.5 Å². The number of amides is 1. The molecule has 6 heteroatoms. The van der Waals surface area contributed by atoms with Crippen molar-refractivity contribution in [3.63, 3.8) is 0 Å². The highest BCUT2D eigenvalue weighted by molar-refractivity contribution is 5.81. The lowest BCUT2D eigenvalue weighted by atomic mass is 10.1. The SMILES string of the molecule is C=CCOc1cccc(C[C@H](NC(=O)OC(C)(C)C)C(=O)OC)c1. The first-order valence-corrected chi connectivity index (χ1v) is 7.65. The van der Waals surface area contributed by atoms with Gasteiger partial charge in [-0.1, -0.05) is 24.8 Å². The number of hydrogen-bond donors (Lipinski definition) is 1. The standard InChI is InChI=1S/C18H25NO5/c1-6-10-23-14-9-7-8-13(11-14)12-15(16(20)22-5)19-17(21)24-18(2,3)4/h6-9,11,15H,1,10,12H2,2-5H3,(H,19,21)/t15-/m0/s1. The predicted octanol–water partition coefficient (Wildman–Crippen LogP) is 2.86. The van der Waals surface area contributed by atoms with Gasteiger partial charge in [0.1, 0.15) is 24.0 Å². The summed E-state index contributed by atoms with van der Waals surface area (Å²) in [7, 11) is 1.27. The largest absolute Gasteiger partial charge is 0.490 e. The Bertz CT molecular complexity index is 577. The lowest BCUT2D eigenvalue weighted by molar-refractivity contribution is -0.143. The van der Waals surface area contributed by atoms with E-state index >= 15 is 0 Å². The van der Waals surface area contributed by atoms with Crippen LogP contribution < -0.4 is 10.1 Å². The molecular weight excluding hydrogens is 310 g/mol. The maximum atomic E-state index is 11.9. The second-order valence-corrected chi connectivity index (χ2v) is 6.17. The summed E-state index contributed by atoms with van der Waals surface area (Å²) in [6.07, 6.45) is 1.24. The molecule has 0 saturated carbocycles. The van der Waals surface area contributed by atoms with Crippen molar-refractivity contribution in [2.45, 2.75) is 38.8 Å². The third-order valence-electron chi connectivity index (χ3n) is 2.88. The normalized spacial score (nSPS) is 12.0. The van der Waals surface area contributed by atoms with Crippen LogP contribution in [-0.2, 0) is 20.7 Å². The van der Waals surface area contributed by atoms with Crippen LogP contribution in [0.15, 0.2) is 36.9 Å². The number of methoxy groups -OCH3 is 1. The van der Waals surface area contributed by atoms with E-state index in [0.29, 0.717) is 12.4 Å². The predicted molar refractivity (Wildman–Crippen MR) is 91.0 cm³/mol. The van der Waals surface area contributed by atoms with E-state index in [1.54, 1.807) is 39.0 Å². The van der Waals surface area contributed by atoms with Gasteiger partial charge in [0.2, 0.25) is 0 Å². The molecule has 132 valence electrons. The Balaban J connectivity index is 2.81. The van der Waals surface area contributed by atoms with E-state index in [1.165, 1.54) is 7.11 Å². The van der Waals surface area contributed by atoms with Crippen LogP contribution in [0.25, 0.3) is 0 Å². The number of benzene rings is 1. The van der Waals surface area contributed by atoms with Crippen molar-refractivity contribution < 1.29 is 23.8 Å². The van der Waals surface area contributed by atoms with Gasteiger partial charge in [-0.25, -0.2) is 9.59 Å². The summed E-state index contributed by atoms with van der Waals surface area (Å²) in [5, 5.41) is 2.54.